The van der Waals surface area contributed by atoms with E-state index in [0.29, 0.717) is 30.8 Å². The number of amides is 2. The molecule has 1 N–H and O–H groups in total. The van der Waals surface area contributed by atoms with E-state index in [9.17, 15) is 14.7 Å². The number of likely N-dealkylation sites (tertiary alicyclic amines) is 2. The number of hydrogen-bond acceptors (Lipinski definition) is 2. The molecule has 0 aromatic rings. The van der Waals surface area contributed by atoms with Crippen molar-refractivity contribution in [2.45, 2.75) is 64.0 Å². The molecule has 2 amide bonds. The van der Waals surface area contributed by atoms with Crippen LogP contribution in [0, 0.1) is 11.8 Å². The maximum Gasteiger partial charge on any atom is 0.326 e. The Labute approximate surface area is 126 Å². The Balaban J connectivity index is 1.73. The number of hydrogen-bond donors (Lipinski definition) is 1. The van der Waals surface area contributed by atoms with Crippen LogP contribution in [0.1, 0.15) is 51.9 Å². The van der Waals surface area contributed by atoms with Crippen molar-refractivity contribution in [3.05, 3.63) is 0 Å². The van der Waals surface area contributed by atoms with Crippen LogP contribution in [0.3, 0.4) is 0 Å². The molecule has 1 saturated carbocycles. The summed E-state index contributed by atoms with van der Waals surface area (Å²) in [6.45, 7) is 3.47. The van der Waals surface area contributed by atoms with Gasteiger partial charge in [-0.2, -0.15) is 0 Å². The lowest BCUT2D eigenvalue weighted by atomic mass is 9.85. The molecule has 0 aromatic carbocycles. The maximum absolute atomic E-state index is 12.9. The van der Waals surface area contributed by atoms with Gasteiger partial charge >= 0.3 is 12.0 Å². The summed E-state index contributed by atoms with van der Waals surface area (Å²) in [6.07, 6.45) is 7.40. The van der Waals surface area contributed by atoms with Crippen molar-refractivity contribution < 1.29 is 14.7 Å². The first-order valence-electron chi connectivity index (χ1n) is 8.38. The minimum absolute atomic E-state index is 0.0244. The monoisotopic (exact) mass is 294 g/mol. The van der Waals surface area contributed by atoms with E-state index < -0.39 is 12.0 Å². The Kier molecular flexibility index (Phi) is 4.09. The molecule has 2 heterocycles. The van der Waals surface area contributed by atoms with Gasteiger partial charge in [0.2, 0.25) is 0 Å². The standard InChI is InChI=1S/C16H26N2O3/c1-11-6-8-18(14(10-11)15(19)20)16(21)17-9-7-12-4-2-3-5-13(12)17/h11-14H,2-10H2,1H3,(H,19,20). The molecular formula is C16H26N2O3. The second kappa shape index (κ2) is 5.85. The summed E-state index contributed by atoms with van der Waals surface area (Å²) in [4.78, 5) is 28.0. The fraction of sp³-hybridized carbons (Fsp3) is 0.875. The first-order chi connectivity index (χ1) is 10.1. The summed E-state index contributed by atoms with van der Waals surface area (Å²) in [5.41, 5.74) is 0. The van der Waals surface area contributed by atoms with Gasteiger partial charge < -0.3 is 14.9 Å². The average Bonchev–Trinajstić information content (AvgIpc) is 2.90. The van der Waals surface area contributed by atoms with E-state index in [1.54, 1.807) is 4.90 Å². The number of rotatable bonds is 1. The molecule has 5 nitrogen and oxygen atoms in total. The Hall–Kier alpha value is -1.26. The molecule has 2 aliphatic heterocycles. The number of fused-ring (bicyclic) bond motifs is 1. The van der Waals surface area contributed by atoms with Crippen LogP contribution in [0.5, 0.6) is 0 Å². The summed E-state index contributed by atoms with van der Waals surface area (Å²) in [5, 5.41) is 9.44. The Bertz CT molecular complexity index is 426. The summed E-state index contributed by atoms with van der Waals surface area (Å²) < 4.78 is 0. The van der Waals surface area contributed by atoms with Crippen molar-refractivity contribution in [2.24, 2.45) is 11.8 Å². The lowest BCUT2D eigenvalue weighted by Crippen LogP contribution is -2.55. The van der Waals surface area contributed by atoms with Gasteiger partial charge in [-0.05, 0) is 43.9 Å². The van der Waals surface area contributed by atoms with E-state index in [-0.39, 0.29) is 6.03 Å². The molecule has 0 radical (unpaired) electrons. The number of carbonyl (C=O) groups excluding carboxylic acids is 1. The number of piperidine rings is 1. The predicted octanol–water partition coefficient (Wildman–Crippen LogP) is 2.56. The summed E-state index contributed by atoms with van der Waals surface area (Å²) in [5.74, 6) is 0.181. The smallest absolute Gasteiger partial charge is 0.326 e. The number of carboxylic acid groups (broad SMARTS) is 1. The van der Waals surface area contributed by atoms with Crippen LogP contribution in [-0.2, 0) is 4.79 Å². The molecule has 1 aliphatic carbocycles. The molecule has 3 rings (SSSR count). The second-order valence-corrected chi connectivity index (χ2v) is 7.05. The normalized spacial score (nSPS) is 36.4. The molecule has 2 saturated heterocycles. The number of urea groups is 1. The topological polar surface area (TPSA) is 60.9 Å². The van der Waals surface area contributed by atoms with Crippen LogP contribution in [-0.4, -0.2) is 52.1 Å². The summed E-state index contributed by atoms with van der Waals surface area (Å²) in [6, 6.07) is -0.298. The molecule has 0 spiro atoms. The highest BCUT2D eigenvalue weighted by molar-refractivity contribution is 5.83. The lowest BCUT2D eigenvalue weighted by molar-refractivity contribution is -0.144. The van der Waals surface area contributed by atoms with Crippen molar-refractivity contribution in [3.8, 4) is 0 Å². The fourth-order valence-corrected chi connectivity index (χ4v) is 4.41. The van der Waals surface area contributed by atoms with Crippen molar-refractivity contribution in [1.82, 2.24) is 9.80 Å². The molecule has 5 heteroatoms. The summed E-state index contributed by atoms with van der Waals surface area (Å²) in [7, 11) is 0. The highest BCUT2D eigenvalue weighted by Crippen LogP contribution is 2.37. The Morgan fingerprint density at radius 3 is 2.48 bits per heavy atom. The number of carboxylic acids is 1. The van der Waals surface area contributed by atoms with Gasteiger partial charge in [0.15, 0.2) is 0 Å². The SMILES string of the molecule is CC1CCN(C(=O)N2CCC3CCCCC32)C(C(=O)O)C1. The second-order valence-electron chi connectivity index (χ2n) is 7.05. The van der Waals surface area contributed by atoms with E-state index in [1.165, 1.54) is 19.3 Å². The van der Waals surface area contributed by atoms with Crippen molar-refractivity contribution in [2.75, 3.05) is 13.1 Å². The third kappa shape index (κ3) is 2.74. The average molecular weight is 294 g/mol. The zero-order valence-electron chi connectivity index (χ0n) is 12.8. The van der Waals surface area contributed by atoms with E-state index >= 15 is 0 Å². The fourth-order valence-electron chi connectivity index (χ4n) is 4.41. The predicted molar refractivity (Wildman–Crippen MR) is 79.0 cm³/mol. The van der Waals surface area contributed by atoms with Crippen LogP contribution in [0.25, 0.3) is 0 Å². The highest BCUT2D eigenvalue weighted by atomic mass is 16.4. The number of aliphatic carboxylic acids is 1. The molecule has 3 aliphatic rings. The van der Waals surface area contributed by atoms with Gasteiger partial charge in [-0.1, -0.05) is 19.8 Å². The van der Waals surface area contributed by atoms with Gasteiger partial charge in [0.1, 0.15) is 6.04 Å². The van der Waals surface area contributed by atoms with Gasteiger partial charge in [-0.25, -0.2) is 9.59 Å². The first-order valence-corrected chi connectivity index (χ1v) is 8.38. The van der Waals surface area contributed by atoms with E-state index in [4.69, 9.17) is 0 Å². The quantitative estimate of drug-likeness (QED) is 0.808. The van der Waals surface area contributed by atoms with E-state index in [0.717, 1.165) is 25.8 Å². The zero-order valence-corrected chi connectivity index (χ0v) is 12.8. The van der Waals surface area contributed by atoms with E-state index in [2.05, 4.69) is 6.92 Å². The van der Waals surface area contributed by atoms with Gasteiger partial charge in [-0.3, -0.25) is 0 Å². The van der Waals surface area contributed by atoms with Crippen LogP contribution >= 0.6 is 0 Å². The minimum Gasteiger partial charge on any atom is -0.480 e. The van der Waals surface area contributed by atoms with Crippen LogP contribution in [0.2, 0.25) is 0 Å². The highest BCUT2D eigenvalue weighted by Gasteiger charge is 2.43. The van der Waals surface area contributed by atoms with Crippen molar-refractivity contribution in [3.63, 3.8) is 0 Å². The molecule has 4 atom stereocenters. The molecule has 21 heavy (non-hydrogen) atoms. The zero-order chi connectivity index (χ0) is 15.0. The van der Waals surface area contributed by atoms with Crippen LogP contribution < -0.4 is 0 Å². The van der Waals surface area contributed by atoms with Crippen molar-refractivity contribution >= 4 is 12.0 Å². The first kappa shape index (κ1) is 14.7. The van der Waals surface area contributed by atoms with E-state index in [1.807, 2.05) is 4.90 Å². The van der Waals surface area contributed by atoms with Gasteiger partial charge in [0.25, 0.3) is 0 Å². The van der Waals surface area contributed by atoms with Crippen LogP contribution in [0.4, 0.5) is 4.79 Å². The third-order valence-electron chi connectivity index (χ3n) is 5.65. The van der Waals surface area contributed by atoms with Gasteiger partial charge in [-0.15, -0.1) is 0 Å². The molecular weight excluding hydrogens is 268 g/mol. The van der Waals surface area contributed by atoms with Gasteiger partial charge in [0.05, 0.1) is 0 Å². The largest absolute Gasteiger partial charge is 0.480 e. The van der Waals surface area contributed by atoms with Crippen LogP contribution in [0.15, 0.2) is 0 Å². The molecule has 0 aromatic heterocycles. The Morgan fingerprint density at radius 1 is 1.00 bits per heavy atom. The lowest BCUT2D eigenvalue weighted by Gasteiger charge is -2.40. The maximum atomic E-state index is 12.9. The number of carbonyl (C=O) groups is 2. The molecule has 118 valence electrons. The Morgan fingerprint density at radius 2 is 1.71 bits per heavy atom. The summed E-state index contributed by atoms with van der Waals surface area (Å²) >= 11 is 0. The molecule has 3 fully saturated rings. The minimum atomic E-state index is -0.853. The van der Waals surface area contributed by atoms with Crippen molar-refractivity contribution in [1.29, 1.82) is 0 Å². The van der Waals surface area contributed by atoms with Gasteiger partial charge in [0, 0.05) is 19.1 Å². The third-order valence-corrected chi connectivity index (χ3v) is 5.65. The number of nitrogens with zero attached hydrogens (tertiary/aromatic N) is 2. The molecule has 4 unspecified atom stereocenters. The molecule has 0 bridgehead atoms.